The molecule has 2 aromatic rings. The van der Waals surface area contributed by atoms with Crippen LogP contribution in [0.3, 0.4) is 0 Å². The molecule has 1 unspecified atom stereocenters. The van der Waals surface area contributed by atoms with E-state index in [2.05, 4.69) is 30.7 Å². The number of rotatable bonds is 6. The van der Waals surface area contributed by atoms with Crippen LogP contribution in [0.4, 0.5) is 0 Å². The van der Waals surface area contributed by atoms with Gasteiger partial charge in [0.05, 0.1) is 0 Å². The second kappa shape index (κ2) is 9.59. The first-order valence-electron chi connectivity index (χ1n) is 10.5. The first-order chi connectivity index (χ1) is 14.2. The fourth-order valence-corrected chi connectivity index (χ4v) is 4.47. The lowest BCUT2D eigenvalue weighted by Gasteiger charge is -2.24. The Morgan fingerprint density at radius 2 is 2.17 bits per heavy atom. The molecule has 2 heterocycles. The zero-order valence-corrected chi connectivity index (χ0v) is 17.7. The van der Waals surface area contributed by atoms with Crippen LogP contribution >= 0.6 is 11.6 Å². The van der Waals surface area contributed by atoms with E-state index in [9.17, 15) is 0 Å². The monoisotopic (exact) mass is 416 g/mol. The molecular weight excluding hydrogens is 388 g/mol. The van der Waals surface area contributed by atoms with E-state index in [-0.39, 0.29) is 0 Å². The molecule has 1 aromatic heterocycles. The Morgan fingerprint density at radius 3 is 2.97 bits per heavy atom. The average Bonchev–Trinajstić information content (AvgIpc) is 3.48. The highest BCUT2D eigenvalue weighted by Crippen LogP contribution is 2.26. The molecule has 2 fully saturated rings. The molecule has 1 aliphatic carbocycles. The van der Waals surface area contributed by atoms with E-state index in [1.165, 1.54) is 38.6 Å². The number of guanidine groups is 1. The molecule has 1 aromatic carbocycles. The topological polar surface area (TPSA) is 78.6 Å². The van der Waals surface area contributed by atoms with Crippen LogP contribution in [-0.2, 0) is 6.42 Å². The molecule has 0 radical (unpaired) electrons. The van der Waals surface area contributed by atoms with E-state index < -0.39 is 0 Å². The van der Waals surface area contributed by atoms with Crippen molar-refractivity contribution in [1.82, 2.24) is 25.7 Å². The van der Waals surface area contributed by atoms with E-state index in [0.29, 0.717) is 35.7 Å². The van der Waals surface area contributed by atoms with Crippen molar-refractivity contribution >= 4 is 17.6 Å². The average molecular weight is 417 g/mol. The number of hydrogen-bond donors (Lipinski definition) is 2. The number of nitrogens with one attached hydrogen (secondary N) is 2. The molecule has 1 atom stereocenters. The van der Waals surface area contributed by atoms with Gasteiger partial charge in [-0.15, -0.1) is 0 Å². The van der Waals surface area contributed by atoms with Gasteiger partial charge in [0.2, 0.25) is 11.7 Å². The van der Waals surface area contributed by atoms with Crippen LogP contribution in [0, 0.1) is 0 Å². The van der Waals surface area contributed by atoms with Crippen LogP contribution < -0.4 is 10.6 Å². The molecule has 2 N–H and O–H groups in total. The lowest BCUT2D eigenvalue weighted by atomic mass is 10.2. The molecule has 1 aliphatic heterocycles. The molecule has 8 heteroatoms. The normalized spacial score (nSPS) is 21.0. The number of hydrogen-bond acceptors (Lipinski definition) is 5. The third-order valence-corrected chi connectivity index (χ3v) is 6.04. The van der Waals surface area contributed by atoms with Crippen molar-refractivity contribution < 1.29 is 4.52 Å². The van der Waals surface area contributed by atoms with Crippen molar-refractivity contribution in [3.05, 3.63) is 35.2 Å². The van der Waals surface area contributed by atoms with Gasteiger partial charge in [0.1, 0.15) is 0 Å². The largest absolute Gasteiger partial charge is 0.356 e. The third kappa shape index (κ3) is 5.28. The molecule has 0 bridgehead atoms. The summed E-state index contributed by atoms with van der Waals surface area (Å²) in [6.45, 7) is 2.97. The molecular formula is C21H29ClN6O. The van der Waals surface area contributed by atoms with Gasteiger partial charge in [0.15, 0.2) is 5.96 Å². The molecule has 2 aliphatic rings. The minimum atomic E-state index is 0.458. The predicted octanol–water partition coefficient (Wildman–Crippen LogP) is 3.11. The van der Waals surface area contributed by atoms with Crippen LogP contribution in [0.15, 0.2) is 33.8 Å². The maximum atomic E-state index is 6.03. The number of aromatic nitrogens is 2. The Labute approximate surface area is 176 Å². The fraction of sp³-hybridized carbons (Fsp3) is 0.571. The Morgan fingerprint density at radius 1 is 1.31 bits per heavy atom. The summed E-state index contributed by atoms with van der Waals surface area (Å²) in [4.78, 5) is 11.5. The van der Waals surface area contributed by atoms with Crippen LogP contribution in [-0.4, -0.2) is 59.8 Å². The Balaban J connectivity index is 1.22. The molecule has 1 saturated carbocycles. The van der Waals surface area contributed by atoms with E-state index in [1.54, 1.807) is 0 Å². The summed E-state index contributed by atoms with van der Waals surface area (Å²) < 4.78 is 5.37. The zero-order chi connectivity index (χ0) is 20.1. The van der Waals surface area contributed by atoms with Crippen LogP contribution in [0.25, 0.3) is 11.4 Å². The fourth-order valence-electron chi connectivity index (χ4n) is 4.28. The van der Waals surface area contributed by atoms with E-state index in [4.69, 9.17) is 16.1 Å². The van der Waals surface area contributed by atoms with Gasteiger partial charge in [-0.1, -0.05) is 41.7 Å². The van der Waals surface area contributed by atoms with Gasteiger partial charge >= 0.3 is 0 Å². The van der Waals surface area contributed by atoms with Gasteiger partial charge in [0, 0.05) is 55.8 Å². The van der Waals surface area contributed by atoms with Gasteiger partial charge in [-0.3, -0.25) is 9.89 Å². The summed E-state index contributed by atoms with van der Waals surface area (Å²) in [6, 6.07) is 8.70. The zero-order valence-electron chi connectivity index (χ0n) is 16.9. The molecule has 29 heavy (non-hydrogen) atoms. The summed E-state index contributed by atoms with van der Waals surface area (Å²) in [6.07, 6.45) is 7.30. The number of aliphatic imine (C=N–C) groups is 1. The van der Waals surface area contributed by atoms with E-state index in [0.717, 1.165) is 24.1 Å². The van der Waals surface area contributed by atoms with Gasteiger partial charge in [-0.05, 0) is 31.4 Å². The lowest BCUT2D eigenvalue weighted by Crippen LogP contribution is -2.45. The minimum absolute atomic E-state index is 0.458. The second-order valence-electron chi connectivity index (χ2n) is 7.83. The highest BCUT2D eigenvalue weighted by Gasteiger charge is 2.30. The van der Waals surface area contributed by atoms with E-state index in [1.807, 2.05) is 31.3 Å². The van der Waals surface area contributed by atoms with Crippen molar-refractivity contribution in [2.45, 2.75) is 50.6 Å². The second-order valence-corrected chi connectivity index (χ2v) is 8.27. The molecule has 0 spiro atoms. The van der Waals surface area contributed by atoms with Crippen molar-refractivity contribution in [3.63, 3.8) is 0 Å². The van der Waals surface area contributed by atoms with Crippen molar-refractivity contribution in [3.8, 4) is 11.4 Å². The Kier molecular flexibility index (Phi) is 6.67. The first kappa shape index (κ1) is 20.2. The summed E-state index contributed by atoms with van der Waals surface area (Å²) >= 11 is 6.03. The lowest BCUT2D eigenvalue weighted by molar-refractivity contribution is 0.242. The maximum absolute atomic E-state index is 6.03. The highest BCUT2D eigenvalue weighted by molar-refractivity contribution is 6.30. The molecule has 156 valence electrons. The molecule has 4 rings (SSSR count). The van der Waals surface area contributed by atoms with Crippen molar-refractivity contribution in [2.75, 3.05) is 26.7 Å². The number of benzene rings is 1. The Bertz CT molecular complexity index is 832. The smallest absolute Gasteiger partial charge is 0.228 e. The van der Waals surface area contributed by atoms with Gasteiger partial charge in [-0.25, -0.2) is 0 Å². The highest BCUT2D eigenvalue weighted by atomic mass is 35.5. The predicted molar refractivity (Wildman–Crippen MR) is 115 cm³/mol. The van der Waals surface area contributed by atoms with Crippen LogP contribution in [0.1, 0.15) is 38.0 Å². The summed E-state index contributed by atoms with van der Waals surface area (Å²) in [5.74, 6) is 1.98. The van der Waals surface area contributed by atoms with E-state index >= 15 is 0 Å². The standard InChI is InChI=1S/C21H29ClN6O/c1-23-21(25-17-10-12-28(14-17)18-7-2-3-8-18)24-11-9-19-26-20(27-29-19)15-5-4-6-16(22)13-15/h4-6,13,17-18H,2-3,7-12,14H2,1H3,(H2,23,24,25). The summed E-state index contributed by atoms with van der Waals surface area (Å²) in [7, 11) is 1.81. The SMILES string of the molecule is CN=C(NCCc1nc(-c2cccc(Cl)c2)no1)NC1CCN(C2CCCC2)C1. The van der Waals surface area contributed by atoms with Gasteiger partial charge < -0.3 is 15.2 Å². The molecule has 7 nitrogen and oxygen atoms in total. The number of likely N-dealkylation sites (tertiary alicyclic amines) is 1. The number of nitrogens with zero attached hydrogens (tertiary/aromatic N) is 4. The van der Waals surface area contributed by atoms with Gasteiger partial charge in [-0.2, -0.15) is 4.98 Å². The van der Waals surface area contributed by atoms with Crippen LogP contribution in [0.5, 0.6) is 0 Å². The maximum Gasteiger partial charge on any atom is 0.228 e. The summed E-state index contributed by atoms with van der Waals surface area (Å²) in [5.41, 5.74) is 0.853. The minimum Gasteiger partial charge on any atom is -0.356 e. The summed E-state index contributed by atoms with van der Waals surface area (Å²) in [5, 5.41) is 11.6. The molecule has 0 amide bonds. The number of halogens is 1. The first-order valence-corrected chi connectivity index (χ1v) is 10.9. The molecule has 1 saturated heterocycles. The quantitative estimate of drug-likeness (QED) is 0.556. The van der Waals surface area contributed by atoms with Gasteiger partial charge in [0.25, 0.3) is 0 Å². The van der Waals surface area contributed by atoms with Crippen molar-refractivity contribution in [1.29, 1.82) is 0 Å². The van der Waals surface area contributed by atoms with Crippen LogP contribution in [0.2, 0.25) is 5.02 Å². The van der Waals surface area contributed by atoms with Crippen molar-refractivity contribution in [2.24, 2.45) is 4.99 Å². The third-order valence-electron chi connectivity index (χ3n) is 5.81. The Hall–Kier alpha value is -2.12.